The second kappa shape index (κ2) is 19.7. The standard InChI is InChI=1S/C35H52N2O10S/c1-10-11-12-16-48(42)33-25(38)19-24-29(39)28(33)32(46-9)23(5)18-27(44-7)30(45-8)21(3)17-22(4)31(47-35(36)41)26(43-6)15-13-14-20(2)34(40)37-24/h13-15,17,19,21,23,26-27,30-32H,10-12,16,18H2,1-9H3,(H2,36,41)(H,37,40)/b15-13-,20-14+,22-17+. The number of hydrogen-bond acceptors (Lipinski definition) is 10. The number of Topliss-reactive ketones (excluding diaryl/α,β-unsaturated/α-hetero) is 1. The summed E-state index contributed by atoms with van der Waals surface area (Å²) in [4.78, 5) is 52.7. The van der Waals surface area contributed by atoms with E-state index in [1.807, 2.05) is 26.8 Å². The molecule has 0 aromatic carbocycles. The number of allylic oxidation sites excluding steroid dienone is 5. The molecule has 8 unspecified atom stereocenters. The van der Waals surface area contributed by atoms with Crippen molar-refractivity contribution in [2.24, 2.45) is 17.6 Å². The molecular weight excluding hydrogens is 640 g/mol. The second-order valence-corrected chi connectivity index (χ2v) is 13.6. The van der Waals surface area contributed by atoms with Crippen LogP contribution in [-0.2, 0) is 48.9 Å². The molecule has 2 amide bonds. The molecule has 48 heavy (non-hydrogen) atoms. The number of nitrogens with two attached hydrogens (primary N) is 1. The highest BCUT2D eigenvalue weighted by atomic mass is 32.2. The van der Waals surface area contributed by atoms with E-state index in [4.69, 9.17) is 29.4 Å². The number of fused-ring (bicyclic) bond motifs is 2. The van der Waals surface area contributed by atoms with Crippen LogP contribution < -0.4 is 11.1 Å². The molecule has 13 heteroatoms. The van der Waals surface area contributed by atoms with Crippen LogP contribution in [0.15, 0.2) is 57.7 Å². The first-order valence-electron chi connectivity index (χ1n) is 16.1. The SMILES string of the molecule is CCCCCS(=O)C1=C2C(=O)C(=CC1=O)NC(=O)/C(C)=C/C=C\C(OC)C(OC(N)=O)/C(C)=C/C(C)C(OC)C(OC)CC(C)C2OC. The summed E-state index contributed by atoms with van der Waals surface area (Å²) in [7, 11) is 4.19. The molecule has 2 rings (SSSR count). The van der Waals surface area contributed by atoms with E-state index >= 15 is 0 Å². The zero-order valence-corrected chi connectivity index (χ0v) is 30.3. The van der Waals surface area contributed by atoms with Gasteiger partial charge in [-0.1, -0.05) is 57.9 Å². The molecule has 2 aliphatic rings. The lowest BCUT2D eigenvalue weighted by Crippen LogP contribution is -2.42. The van der Waals surface area contributed by atoms with Gasteiger partial charge < -0.3 is 34.7 Å². The van der Waals surface area contributed by atoms with Crippen molar-refractivity contribution >= 4 is 34.4 Å². The Hall–Kier alpha value is -3.23. The number of unbranched alkanes of at least 4 members (excludes halogenated alkanes) is 2. The molecule has 0 fully saturated rings. The van der Waals surface area contributed by atoms with Gasteiger partial charge in [0.15, 0.2) is 11.9 Å². The average Bonchev–Trinajstić information content (AvgIpc) is 3.03. The van der Waals surface area contributed by atoms with Gasteiger partial charge in [-0.05, 0) is 38.2 Å². The maximum atomic E-state index is 14.1. The Morgan fingerprint density at radius 2 is 1.69 bits per heavy atom. The van der Waals surface area contributed by atoms with Crippen molar-refractivity contribution in [2.45, 2.75) is 90.8 Å². The fourth-order valence-electron chi connectivity index (χ4n) is 6.07. The van der Waals surface area contributed by atoms with Crippen molar-refractivity contribution in [3.63, 3.8) is 0 Å². The molecule has 3 N–H and O–H groups in total. The molecule has 0 saturated heterocycles. The summed E-state index contributed by atoms with van der Waals surface area (Å²) in [6.07, 6.45) is 5.51. The highest BCUT2D eigenvalue weighted by Gasteiger charge is 2.40. The van der Waals surface area contributed by atoms with Crippen LogP contribution in [0, 0.1) is 11.8 Å². The van der Waals surface area contributed by atoms with Gasteiger partial charge in [0.1, 0.15) is 6.10 Å². The number of carbonyl (C=O) groups excluding carboxylic acids is 4. The summed E-state index contributed by atoms with van der Waals surface area (Å²) < 4.78 is 42.4. The lowest BCUT2D eigenvalue weighted by molar-refractivity contribution is -0.120. The minimum Gasteiger partial charge on any atom is -0.439 e. The number of rotatable bonds is 10. The topological polar surface area (TPSA) is 170 Å². The minimum absolute atomic E-state index is 0.0379. The Kier molecular flexibility index (Phi) is 16.8. The Morgan fingerprint density at radius 3 is 2.25 bits per heavy atom. The molecule has 268 valence electrons. The van der Waals surface area contributed by atoms with Gasteiger partial charge in [-0.25, -0.2) is 4.79 Å². The van der Waals surface area contributed by atoms with E-state index in [2.05, 4.69) is 5.32 Å². The second-order valence-electron chi connectivity index (χ2n) is 12.1. The maximum Gasteiger partial charge on any atom is 0.405 e. The molecule has 1 aliphatic heterocycles. The first-order chi connectivity index (χ1) is 22.7. The largest absolute Gasteiger partial charge is 0.439 e. The van der Waals surface area contributed by atoms with Gasteiger partial charge >= 0.3 is 6.09 Å². The summed E-state index contributed by atoms with van der Waals surface area (Å²) in [6.45, 7) is 9.10. The monoisotopic (exact) mass is 692 g/mol. The van der Waals surface area contributed by atoms with Gasteiger partial charge in [0.05, 0.1) is 45.3 Å². The smallest absolute Gasteiger partial charge is 0.405 e. The first-order valence-corrected chi connectivity index (χ1v) is 17.4. The number of ketones is 2. The van der Waals surface area contributed by atoms with Crippen LogP contribution in [0.2, 0.25) is 0 Å². The van der Waals surface area contributed by atoms with E-state index in [-0.39, 0.29) is 33.4 Å². The van der Waals surface area contributed by atoms with Crippen LogP contribution in [0.25, 0.3) is 0 Å². The van der Waals surface area contributed by atoms with Crippen LogP contribution in [0.5, 0.6) is 0 Å². The lowest BCUT2D eigenvalue weighted by Gasteiger charge is -2.34. The molecule has 8 atom stereocenters. The quantitative estimate of drug-likeness (QED) is 0.194. The fourth-order valence-corrected chi connectivity index (χ4v) is 7.47. The third-order valence-corrected chi connectivity index (χ3v) is 10.1. The van der Waals surface area contributed by atoms with E-state index in [1.54, 1.807) is 33.3 Å². The van der Waals surface area contributed by atoms with Gasteiger partial charge in [0.2, 0.25) is 5.78 Å². The molecule has 0 spiro atoms. The van der Waals surface area contributed by atoms with E-state index in [0.717, 1.165) is 18.9 Å². The third kappa shape index (κ3) is 10.6. The highest BCUT2D eigenvalue weighted by molar-refractivity contribution is 7.90. The number of nitrogens with one attached hydrogen (secondary N) is 1. The molecule has 0 aromatic rings. The van der Waals surface area contributed by atoms with Crippen molar-refractivity contribution in [1.82, 2.24) is 5.32 Å². The van der Waals surface area contributed by atoms with Crippen LogP contribution in [0.1, 0.15) is 60.3 Å². The molecule has 0 radical (unpaired) electrons. The maximum absolute atomic E-state index is 14.1. The Balaban J connectivity index is 2.79. The van der Waals surface area contributed by atoms with Crippen LogP contribution in [0.4, 0.5) is 4.79 Å². The summed E-state index contributed by atoms with van der Waals surface area (Å²) >= 11 is 0. The zero-order valence-electron chi connectivity index (χ0n) is 29.5. The van der Waals surface area contributed by atoms with E-state index < -0.39 is 70.8 Å². The molecule has 1 aliphatic carbocycles. The number of ether oxygens (including phenoxy) is 5. The van der Waals surface area contributed by atoms with Gasteiger partial charge in [0, 0.05) is 51.8 Å². The first kappa shape index (κ1) is 40.9. The Morgan fingerprint density at radius 1 is 1.00 bits per heavy atom. The number of amides is 2. The van der Waals surface area contributed by atoms with E-state index in [0.29, 0.717) is 18.4 Å². The molecular formula is C35H52N2O10S. The summed E-state index contributed by atoms with van der Waals surface area (Å²) in [5.41, 5.74) is 5.98. The summed E-state index contributed by atoms with van der Waals surface area (Å²) in [5.74, 6) is -2.42. The Labute approximate surface area is 286 Å². The molecule has 2 bridgehead atoms. The van der Waals surface area contributed by atoms with Crippen molar-refractivity contribution in [3.8, 4) is 0 Å². The third-order valence-electron chi connectivity index (χ3n) is 8.55. The molecule has 0 aromatic heterocycles. The lowest BCUT2D eigenvalue weighted by atomic mass is 9.83. The predicted octanol–water partition coefficient (Wildman–Crippen LogP) is 3.98. The Bertz CT molecular complexity index is 1360. The average molecular weight is 693 g/mol. The molecule has 0 saturated carbocycles. The minimum atomic E-state index is -1.78. The van der Waals surface area contributed by atoms with Crippen molar-refractivity contribution in [1.29, 1.82) is 0 Å². The number of hydrogen-bond donors (Lipinski definition) is 2. The molecule has 12 nitrogen and oxygen atoms in total. The summed E-state index contributed by atoms with van der Waals surface area (Å²) in [5, 5.41) is 2.56. The molecule has 1 heterocycles. The predicted molar refractivity (Wildman–Crippen MR) is 183 cm³/mol. The fraction of sp³-hybridized carbons (Fsp3) is 0.600. The normalized spacial score (nSPS) is 31.6. The van der Waals surface area contributed by atoms with Crippen molar-refractivity contribution < 1.29 is 47.1 Å². The number of primary amides is 1. The van der Waals surface area contributed by atoms with Gasteiger partial charge in [-0.15, -0.1) is 0 Å². The van der Waals surface area contributed by atoms with Gasteiger partial charge in [-0.2, -0.15) is 0 Å². The number of carbonyl (C=O) groups is 4. The summed E-state index contributed by atoms with van der Waals surface area (Å²) in [6, 6.07) is 0. The number of methoxy groups -OCH3 is 4. The van der Waals surface area contributed by atoms with E-state index in [1.165, 1.54) is 27.2 Å². The highest BCUT2D eigenvalue weighted by Crippen LogP contribution is 2.33. The van der Waals surface area contributed by atoms with Crippen molar-refractivity contribution in [3.05, 3.63) is 57.7 Å². The zero-order chi connectivity index (χ0) is 36.1. The van der Waals surface area contributed by atoms with Crippen LogP contribution in [-0.4, -0.2) is 92.5 Å². The van der Waals surface area contributed by atoms with Gasteiger partial charge in [-0.3, -0.25) is 18.6 Å². The van der Waals surface area contributed by atoms with Gasteiger partial charge in [0.25, 0.3) is 5.91 Å². The van der Waals surface area contributed by atoms with Crippen LogP contribution >= 0.6 is 0 Å². The van der Waals surface area contributed by atoms with E-state index in [9.17, 15) is 23.4 Å². The van der Waals surface area contributed by atoms with Crippen LogP contribution in [0.3, 0.4) is 0 Å². The van der Waals surface area contributed by atoms with Crippen molar-refractivity contribution in [2.75, 3.05) is 34.2 Å².